The van der Waals surface area contributed by atoms with Gasteiger partial charge < -0.3 is 0 Å². The molecule has 76 valence electrons. The Morgan fingerprint density at radius 3 is 2.08 bits per heavy atom. The molecule has 0 bridgehead atoms. The molecule has 1 rings (SSSR count). The van der Waals surface area contributed by atoms with Gasteiger partial charge in [-0.1, -0.05) is 0 Å². The molecule has 1 atom stereocenters. The van der Waals surface area contributed by atoms with Gasteiger partial charge in [0.25, 0.3) is 5.83 Å². The monoisotopic (exact) mass is 210 g/mol. The highest BCUT2D eigenvalue weighted by Crippen LogP contribution is 2.40. The van der Waals surface area contributed by atoms with Crippen molar-refractivity contribution >= 4 is 0 Å². The van der Waals surface area contributed by atoms with Gasteiger partial charge in [0.2, 0.25) is 0 Å². The lowest BCUT2D eigenvalue weighted by molar-refractivity contribution is -0.498. The van der Waals surface area contributed by atoms with Crippen LogP contribution >= 0.6 is 0 Å². The topological polar surface area (TPSA) is 27.7 Å². The molecule has 1 unspecified atom stereocenters. The molecule has 1 aliphatic rings. The van der Waals surface area contributed by atoms with Gasteiger partial charge in [-0.05, 0) is 0 Å². The van der Waals surface area contributed by atoms with Crippen LogP contribution in [0, 0.1) is 0 Å². The molecule has 9 heteroatoms. The van der Waals surface area contributed by atoms with Crippen molar-refractivity contribution in [2.24, 2.45) is 0 Å². The molecule has 0 saturated carbocycles. The third-order valence-corrected chi connectivity index (χ3v) is 0.904. The van der Waals surface area contributed by atoms with E-state index in [0.717, 1.165) is 0 Å². The summed E-state index contributed by atoms with van der Waals surface area (Å²) in [4.78, 5) is 6.07. The average Bonchev–Trinajstić information content (AvgIpc) is 2.14. The van der Waals surface area contributed by atoms with Crippen molar-refractivity contribution in [1.29, 1.82) is 0 Å². The Morgan fingerprint density at radius 1 is 1.23 bits per heavy atom. The van der Waals surface area contributed by atoms with Gasteiger partial charge in [-0.15, -0.1) is 18.1 Å². The van der Waals surface area contributed by atoms with Crippen molar-refractivity contribution < 1.29 is 40.9 Å². The van der Waals surface area contributed by atoms with Gasteiger partial charge in [0.05, 0.1) is 0 Å². The molecule has 1 heterocycles. The Kier molecular flexibility index (Phi) is 2.16. The first kappa shape index (κ1) is 10.1. The molecule has 0 spiro atoms. The molecule has 0 fully saturated rings. The largest absolute Gasteiger partial charge is 0.527 e. The van der Waals surface area contributed by atoms with Crippen molar-refractivity contribution in [1.82, 2.24) is 0 Å². The highest BCUT2D eigenvalue weighted by atomic mass is 19.4. The van der Waals surface area contributed by atoms with E-state index in [1.165, 1.54) is 0 Å². The normalized spacial score (nSPS) is 29.4. The molecule has 0 aromatic heterocycles. The van der Waals surface area contributed by atoms with E-state index in [1.807, 2.05) is 0 Å². The number of ether oxygens (including phenoxy) is 1. The van der Waals surface area contributed by atoms with Gasteiger partial charge in [-0.2, -0.15) is 13.2 Å². The van der Waals surface area contributed by atoms with E-state index in [4.69, 9.17) is 0 Å². The second-order valence-corrected chi connectivity index (χ2v) is 1.84. The van der Waals surface area contributed by atoms with Gasteiger partial charge in [-0.25, -0.2) is 4.74 Å². The third-order valence-electron chi connectivity index (χ3n) is 0.904. The molecule has 0 saturated heterocycles. The maximum absolute atomic E-state index is 12.5. The van der Waals surface area contributed by atoms with E-state index < -0.39 is 24.2 Å². The van der Waals surface area contributed by atoms with Crippen molar-refractivity contribution in [2.75, 3.05) is 0 Å². The molecule has 0 aliphatic carbocycles. The van der Waals surface area contributed by atoms with Gasteiger partial charge >= 0.3 is 18.4 Å². The Bertz CT molecular complexity index is 247. The SMILES string of the molecule is FC1=C(F)C(F)(OC(F)(F)F)OO1. The van der Waals surface area contributed by atoms with Crippen LogP contribution in [0.25, 0.3) is 0 Å². The highest BCUT2D eigenvalue weighted by Gasteiger charge is 2.57. The van der Waals surface area contributed by atoms with Crippen molar-refractivity contribution in [3.05, 3.63) is 11.8 Å². The van der Waals surface area contributed by atoms with Crippen LogP contribution in [-0.4, -0.2) is 12.4 Å². The fourth-order valence-corrected chi connectivity index (χ4v) is 0.491. The molecule has 0 amide bonds. The first-order valence-electron chi connectivity index (χ1n) is 2.62. The number of rotatable bonds is 1. The molecular weight excluding hydrogens is 210 g/mol. The fraction of sp³-hybridized carbons (Fsp3) is 0.500. The van der Waals surface area contributed by atoms with Crippen molar-refractivity contribution in [3.8, 4) is 0 Å². The minimum absolute atomic E-state index is 2.26. The van der Waals surface area contributed by atoms with Crippen LogP contribution in [0.3, 0.4) is 0 Å². The van der Waals surface area contributed by atoms with E-state index in [2.05, 4.69) is 14.5 Å². The summed E-state index contributed by atoms with van der Waals surface area (Å²) in [5.74, 6) is -2.56. The summed E-state index contributed by atoms with van der Waals surface area (Å²) in [5.41, 5.74) is 0. The minimum Gasteiger partial charge on any atom is -0.297 e. The van der Waals surface area contributed by atoms with Gasteiger partial charge in [0.15, 0.2) is 0 Å². The molecular formula is C4F6O3. The third kappa shape index (κ3) is 2.04. The Labute approximate surface area is 66.4 Å². The second-order valence-electron chi connectivity index (χ2n) is 1.84. The lowest BCUT2D eigenvalue weighted by Gasteiger charge is -2.16. The smallest absolute Gasteiger partial charge is 0.297 e. The van der Waals surface area contributed by atoms with Crippen molar-refractivity contribution in [3.63, 3.8) is 0 Å². The second kappa shape index (κ2) is 2.77. The van der Waals surface area contributed by atoms with Crippen LogP contribution in [0.4, 0.5) is 26.3 Å². The standard InChI is InChI=1S/C4F6O3/c5-1-2(6)11-13-3(1,7)12-4(8,9)10. The molecule has 0 N–H and O–H groups in total. The summed E-state index contributed by atoms with van der Waals surface area (Å²) in [5, 5.41) is 0. The summed E-state index contributed by atoms with van der Waals surface area (Å²) in [7, 11) is 0. The first-order chi connectivity index (χ1) is 5.75. The molecule has 0 aromatic carbocycles. The maximum atomic E-state index is 12.5. The molecule has 3 nitrogen and oxygen atoms in total. The quantitative estimate of drug-likeness (QED) is 0.490. The zero-order chi connectivity index (χ0) is 10.3. The predicted molar refractivity (Wildman–Crippen MR) is 22.4 cm³/mol. The van der Waals surface area contributed by atoms with Gasteiger partial charge in [-0.3, -0.25) is 4.89 Å². The van der Waals surface area contributed by atoms with Crippen LogP contribution in [0.2, 0.25) is 0 Å². The summed E-state index contributed by atoms with van der Waals surface area (Å²) in [6.45, 7) is 0. The zero-order valence-electron chi connectivity index (χ0n) is 5.49. The van der Waals surface area contributed by atoms with E-state index >= 15 is 0 Å². The highest BCUT2D eigenvalue weighted by molar-refractivity contribution is 5.03. The molecule has 0 aromatic rings. The number of alkyl halides is 4. The average molecular weight is 210 g/mol. The number of halogens is 6. The summed E-state index contributed by atoms with van der Waals surface area (Å²) < 4.78 is 73.0. The number of hydrogen-bond acceptors (Lipinski definition) is 3. The molecule has 1 aliphatic heterocycles. The van der Waals surface area contributed by atoms with Gasteiger partial charge in [0, 0.05) is 0 Å². The molecule has 13 heavy (non-hydrogen) atoms. The van der Waals surface area contributed by atoms with Crippen LogP contribution in [0.5, 0.6) is 0 Å². The Hall–Kier alpha value is -0.960. The fourth-order valence-electron chi connectivity index (χ4n) is 0.491. The Balaban J connectivity index is 2.80. The first-order valence-corrected chi connectivity index (χ1v) is 2.62. The maximum Gasteiger partial charge on any atom is 0.527 e. The zero-order valence-corrected chi connectivity index (χ0v) is 5.49. The van der Waals surface area contributed by atoms with Crippen LogP contribution in [0.1, 0.15) is 0 Å². The summed E-state index contributed by atoms with van der Waals surface area (Å²) >= 11 is 0. The van der Waals surface area contributed by atoms with Gasteiger partial charge in [0.1, 0.15) is 0 Å². The Morgan fingerprint density at radius 2 is 1.77 bits per heavy atom. The number of hydrogen-bond donors (Lipinski definition) is 0. The van der Waals surface area contributed by atoms with Crippen LogP contribution in [0.15, 0.2) is 11.8 Å². The molecule has 0 radical (unpaired) electrons. The van der Waals surface area contributed by atoms with E-state index in [-0.39, 0.29) is 0 Å². The van der Waals surface area contributed by atoms with Crippen molar-refractivity contribution in [2.45, 2.75) is 12.4 Å². The summed E-state index contributed by atoms with van der Waals surface area (Å²) in [6.07, 6.45) is -5.53. The summed E-state index contributed by atoms with van der Waals surface area (Å²) in [6, 6.07) is -6.66. The van der Waals surface area contributed by atoms with E-state index in [9.17, 15) is 26.3 Å². The predicted octanol–water partition coefficient (Wildman–Crippen LogP) is 2.22. The lowest BCUT2D eigenvalue weighted by Crippen LogP contribution is -2.34. The van der Waals surface area contributed by atoms with Crippen LogP contribution in [-0.2, 0) is 14.5 Å². The van der Waals surface area contributed by atoms with E-state index in [0.29, 0.717) is 0 Å². The minimum atomic E-state index is -5.53. The lowest BCUT2D eigenvalue weighted by atomic mass is 10.5. The van der Waals surface area contributed by atoms with E-state index in [1.54, 1.807) is 0 Å². The van der Waals surface area contributed by atoms with Crippen LogP contribution < -0.4 is 0 Å².